The number of anilines is 1. The first kappa shape index (κ1) is 23.1. The van der Waals surface area contributed by atoms with E-state index in [1.54, 1.807) is 0 Å². The maximum atomic E-state index is 13.3. The SMILES string of the molecule is Cc1cc(C)c(NC(=O)NC2(Cc3ccccc3-c3ccccc3)CCCCCC2)c(C)c1. The molecule has 0 heterocycles. The number of carbonyl (C=O) groups excluding carboxylic acids is 1. The number of hydrogen-bond donors (Lipinski definition) is 2. The zero-order valence-electron chi connectivity index (χ0n) is 20.2. The van der Waals surface area contributed by atoms with Gasteiger partial charge < -0.3 is 10.6 Å². The topological polar surface area (TPSA) is 41.1 Å². The summed E-state index contributed by atoms with van der Waals surface area (Å²) in [4.78, 5) is 13.3. The third-order valence-corrected chi connectivity index (χ3v) is 6.99. The predicted molar refractivity (Wildman–Crippen MR) is 139 cm³/mol. The van der Waals surface area contributed by atoms with Gasteiger partial charge in [-0.1, -0.05) is 98.0 Å². The molecule has 1 saturated carbocycles. The molecule has 3 nitrogen and oxygen atoms in total. The molecule has 0 aromatic heterocycles. The highest BCUT2D eigenvalue weighted by Gasteiger charge is 2.33. The Kier molecular flexibility index (Phi) is 7.17. The van der Waals surface area contributed by atoms with Crippen LogP contribution in [0.25, 0.3) is 11.1 Å². The molecular weight excluding hydrogens is 404 g/mol. The molecule has 0 unspecified atom stereocenters. The first-order chi connectivity index (χ1) is 16.0. The summed E-state index contributed by atoms with van der Waals surface area (Å²) in [5.74, 6) is 0. The fourth-order valence-electron chi connectivity index (χ4n) is 5.45. The number of benzene rings is 3. The molecule has 0 saturated heterocycles. The first-order valence-electron chi connectivity index (χ1n) is 12.3. The van der Waals surface area contributed by atoms with Crippen molar-refractivity contribution in [3.05, 3.63) is 89.0 Å². The smallest absolute Gasteiger partial charge is 0.319 e. The van der Waals surface area contributed by atoms with Crippen LogP contribution in [0, 0.1) is 20.8 Å². The van der Waals surface area contributed by atoms with E-state index < -0.39 is 0 Å². The average Bonchev–Trinajstić information content (AvgIpc) is 3.02. The Bertz CT molecular complexity index is 1070. The van der Waals surface area contributed by atoms with Gasteiger partial charge in [0.1, 0.15) is 0 Å². The van der Waals surface area contributed by atoms with E-state index in [1.807, 2.05) is 0 Å². The van der Waals surface area contributed by atoms with Gasteiger partial charge in [0.25, 0.3) is 0 Å². The maximum absolute atomic E-state index is 13.3. The highest BCUT2D eigenvalue weighted by atomic mass is 16.2. The van der Waals surface area contributed by atoms with Crippen LogP contribution in [0.15, 0.2) is 66.7 Å². The average molecular weight is 441 g/mol. The van der Waals surface area contributed by atoms with Gasteiger partial charge in [-0.25, -0.2) is 4.79 Å². The van der Waals surface area contributed by atoms with Crippen LogP contribution in [0.3, 0.4) is 0 Å². The van der Waals surface area contributed by atoms with Crippen LogP contribution in [0.1, 0.15) is 60.8 Å². The Morgan fingerprint density at radius 3 is 2.09 bits per heavy atom. The summed E-state index contributed by atoms with van der Waals surface area (Å²) in [6, 6.07) is 23.4. The standard InChI is InChI=1S/C30H36N2O/c1-22-19-23(2)28(24(3)20-22)31-29(33)32-30(17-11-4-5-12-18-30)21-26-15-9-10-16-27(26)25-13-7-6-8-14-25/h6-10,13-16,19-20H,4-5,11-12,17-18,21H2,1-3H3,(H2,31,32,33). The molecule has 0 aliphatic heterocycles. The van der Waals surface area contributed by atoms with E-state index in [4.69, 9.17) is 0 Å². The third kappa shape index (κ3) is 5.65. The summed E-state index contributed by atoms with van der Waals surface area (Å²) in [5, 5.41) is 6.65. The molecule has 1 aliphatic carbocycles. The Morgan fingerprint density at radius 1 is 0.818 bits per heavy atom. The van der Waals surface area contributed by atoms with E-state index >= 15 is 0 Å². The molecule has 0 spiro atoms. The van der Waals surface area contributed by atoms with Gasteiger partial charge in [-0.05, 0) is 67.9 Å². The normalized spacial score (nSPS) is 15.5. The molecule has 172 valence electrons. The second kappa shape index (κ2) is 10.2. The Morgan fingerprint density at radius 2 is 1.42 bits per heavy atom. The Labute approximate surface area is 198 Å². The van der Waals surface area contributed by atoms with Gasteiger partial charge in [-0.2, -0.15) is 0 Å². The molecule has 3 aromatic rings. The van der Waals surface area contributed by atoms with Crippen molar-refractivity contribution in [3.8, 4) is 11.1 Å². The van der Waals surface area contributed by atoms with Crippen molar-refractivity contribution in [1.29, 1.82) is 0 Å². The Balaban J connectivity index is 1.61. The second-order valence-corrected chi connectivity index (χ2v) is 9.75. The zero-order valence-corrected chi connectivity index (χ0v) is 20.2. The van der Waals surface area contributed by atoms with E-state index in [0.717, 1.165) is 48.9 Å². The summed E-state index contributed by atoms with van der Waals surface area (Å²) in [6.07, 6.45) is 7.64. The lowest BCUT2D eigenvalue weighted by Crippen LogP contribution is -2.51. The van der Waals surface area contributed by atoms with Crippen LogP contribution in [0.5, 0.6) is 0 Å². The van der Waals surface area contributed by atoms with Crippen LogP contribution >= 0.6 is 0 Å². The number of amides is 2. The van der Waals surface area contributed by atoms with Crippen molar-refractivity contribution in [2.45, 2.75) is 71.3 Å². The van der Waals surface area contributed by atoms with Gasteiger partial charge >= 0.3 is 6.03 Å². The minimum Gasteiger partial charge on any atom is -0.332 e. The second-order valence-electron chi connectivity index (χ2n) is 9.75. The summed E-state index contributed by atoms with van der Waals surface area (Å²) >= 11 is 0. The van der Waals surface area contributed by atoms with Gasteiger partial charge in [0.2, 0.25) is 0 Å². The summed E-state index contributed by atoms with van der Waals surface area (Å²) in [7, 11) is 0. The fraction of sp³-hybridized carbons (Fsp3) is 0.367. The number of aryl methyl sites for hydroxylation is 3. The van der Waals surface area contributed by atoms with Crippen LogP contribution in [-0.2, 0) is 6.42 Å². The van der Waals surface area contributed by atoms with Crippen molar-refractivity contribution in [2.75, 3.05) is 5.32 Å². The van der Waals surface area contributed by atoms with E-state index in [0.29, 0.717) is 0 Å². The molecule has 0 radical (unpaired) electrons. The van der Waals surface area contributed by atoms with Crippen molar-refractivity contribution < 1.29 is 4.79 Å². The molecule has 1 fully saturated rings. The van der Waals surface area contributed by atoms with Crippen molar-refractivity contribution >= 4 is 11.7 Å². The van der Waals surface area contributed by atoms with Crippen LogP contribution < -0.4 is 10.6 Å². The number of hydrogen-bond acceptors (Lipinski definition) is 1. The molecule has 0 atom stereocenters. The van der Waals surface area contributed by atoms with Crippen LogP contribution in [-0.4, -0.2) is 11.6 Å². The minimum atomic E-state index is -0.238. The Hall–Kier alpha value is -3.07. The molecule has 3 aromatic carbocycles. The molecular formula is C30H36N2O. The van der Waals surface area contributed by atoms with E-state index in [1.165, 1.54) is 35.1 Å². The highest BCUT2D eigenvalue weighted by molar-refractivity contribution is 5.91. The van der Waals surface area contributed by atoms with Crippen molar-refractivity contribution in [2.24, 2.45) is 0 Å². The number of nitrogens with one attached hydrogen (secondary N) is 2. The highest BCUT2D eigenvalue weighted by Crippen LogP contribution is 2.34. The minimum absolute atomic E-state index is 0.0934. The van der Waals surface area contributed by atoms with Gasteiger partial charge in [0, 0.05) is 11.2 Å². The largest absolute Gasteiger partial charge is 0.332 e. The van der Waals surface area contributed by atoms with E-state index in [2.05, 4.69) is 98.1 Å². The number of rotatable bonds is 5. The number of carbonyl (C=O) groups is 1. The molecule has 3 heteroatoms. The van der Waals surface area contributed by atoms with Gasteiger partial charge in [-0.3, -0.25) is 0 Å². The predicted octanol–water partition coefficient (Wildman–Crippen LogP) is 7.74. The molecule has 33 heavy (non-hydrogen) atoms. The zero-order chi connectivity index (χ0) is 23.3. The third-order valence-electron chi connectivity index (χ3n) is 6.99. The quantitative estimate of drug-likeness (QED) is 0.391. The molecule has 0 bridgehead atoms. The maximum Gasteiger partial charge on any atom is 0.319 e. The van der Waals surface area contributed by atoms with Gasteiger partial charge in [0.05, 0.1) is 0 Å². The lowest BCUT2D eigenvalue weighted by atomic mass is 9.81. The molecule has 1 aliphatic rings. The monoisotopic (exact) mass is 440 g/mol. The first-order valence-corrected chi connectivity index (χ1v) is 12.3. The van der Waals surface area contributed by atoms with Crippen LogP contribution in [0.2, 0.25) is 0 Å². The van der Waals surface area contributed by atoms with Gasteiger partial charge in [0.15, 0.2) is 0 Å². The molecule has 2 amide bonds. The van der Waals surface area contributed by atoms with E-state index in [9.17, 15) is 4.79 Å². The summed E-state index contributed by atoms with van der Waals surface area (Å²) < 4.78 is 0. The lowest BCUT2D eigenvalue weighted by molar-refractivity contribution is 0.228. The van der Waals surface area contributed by atoms with Gasteiger partial charge in [-0.15, -0.1) is 0 Å². The van der Waals surface area contributed by atoms with Crippen molar-refractivity contribution in [3.63, 3.8) is 0 Å². The van der Waals surface area contributed by atoms with Crippen LogP contribution in [0.4, 0.5) is 10.5 Å². The lowest BCUT2D eigenvalue weighted by Gasteiger charge is -2.35. The summed E-state index contributed by atoms with van der Waals surface area (Å²) in [5.41, 5.74) is 7.90. The van der Waals surface area contributed by atoms with Crippen molar-refractivity contribution in [1.82, 2.24) is 5.32 Å². The molecule has 2 N–H and O–H groups in total. The number of urea groups is 1. The summed E-state index contributed by atoms with van der Waals surface area (Å²) in [6.45, 7) is 6.22. The fourth-order valence-corrected chi connectivity index (χ4v) is 5.45. The molecule has 4 rings (SSSR count). The van der Waals surface area contributed by atoms with E-state index in [-0.39, 0.29) is 11.6 Å².